The van der Waals surface area contributed by atoms with E-state index in [1.165, 1.54) is 6.92 Å². The van der Waals surface area contributed by atoms with Crippen LogP contribution >= 0.6 is 0 Å². The molecule has 0 spiro atoms. The van der Waals surface area contributed by atoms with Crippen LogP contribution in [0.1, 0.15) is 18.6 Å². The van der Waals surface area contributed by atoms with Gasteiger partial charge in [-0.2, -0.15) is 0 Å². The molecule has 5 nitrogen and oxygen atoms in total. The number of benzene rings is 1. The van der Waals surface area contributed by atoms with Crippen molar-refractivity contribution < 1.29 is 10.2 Å². The number of rotatable bonds is 2. The molecular weight excluding hydrogens is 196 g/mol. The van der Waals surface area contributed by atoms with E-state index in [1.807, 2.05) is 0 Å². The predicted octanol–water partition coefficient (Wildman–Crippen LogP) is 0.270. The molecule has 0 radical (unpaired) electrons. The maximum atomic E-state index is 11.0. The summed E-state index contributed by atoms with van der Waals surface area (Å²) in [6, 6.07) is 5.00. The Morgan fingerprint density at radius 1 is 1.20 bits per heavy atom. The summed E-state index contributed by atoms with van der Waals surface area (Å²) in [5.41, 5.74) is 1.60. The Balaban J connectivity index is 2.50. The molecule has 0 aliphatic heterocycles. The first-order valence-electron chi connectivity index (χ1n) is 4.66. The fourth-order valence-corrected chi connectivity index (χ4v) is 1.51. The second kappa shape index (κ2) is 3.52. The number of H-pyrrole nitrogens is 2. The maximum Gasteiger partial charge on any atom is 0.323 e. The van der Waals surface area contributed by atoms with Crippen LogP contribution in [0.2, 0.25) is 0 Å². The highest BCUT2D eigenvalue weighted by Crippen LogP contribution is 2.19. The van der Waals surface area contributed by atoms with Crippen molar-refractivity contribution in [3.8, 4) is 0 Å². The van der Waals surface area contributed by atoms with E-state index in [0.29, 0.717) is 16.6 Å². The zero-order chi connectivity index (χ0) is 11.0. The zero-order valence-electron chi connectivity index (χ0n) is 8.19. The predicted molar refractivity (Wildman–Crippen MR) is 55.6 cm³/mol. The number of fused-ring (bicyclic) bond motifs is 1. The number of aromatic nitrogens is 2. The SMILES string of the molecule is CC(O)C(O)c1ccc2[nH]c(=O)[nH]c2c1. The third kappa shape index (κ3) is 1.79. The number of aromatic amines is 2. The first-order valence-corrected chi connectivity index (χ1v) is 4.66. The summed E-state index contributed by atoms with van der Waals surface area (Å²) in [5, 5.41) is 18.8. The molecule has 0 aliphatic rings. The molecule has 4 N–H and O–H groups in total. The molecule has 2 unspecified atom stereocenters. The van der Waals surface area contributed by atoms with E-state index in [0.717, 1.165) is 0 Å². The van der Waals surface area contributed by atoms with Gasteiger partial charge < -0.3 is 20.2 Å². The largest absolute Gasteiger partial charge is 0.390 e. The molecule has 15 heavy (non-hydrogen) atoms. The summed E-state index contributed by atoms with van der Waals surface area (Å²) in [7, 11) is 0. The van der Waals surface area contributed by atoms with Crippen LogP contribution in [0.3, 0.4) is 0 Å². The van der Waals surface area contributed by atoms with Crippen LogP contribution in [0.5, 0.6) is 0 Å². The first-order chi connectivity index (χ1) is 7.08. The van der Waals surface area contributed by atoms with E-state index in [1.54, 1.807) is 18.2 Å². The molecule has 1 aromatic heterocycles. The van der Waals surface area contributed by atoms with E-state index in [4.69, 9.17) is 0 Å². The molecule has 0 saturated carbocycles. The van der Waals surface area contributed by atoms with Crippen molar-refractivity contribution in [2.75, 3.05) is 0 Å². The molecule has 0 bridgehead atoms. The second-order valence-electron chi connectivity index (χ2n) is 3.57. The van der Waals surface area contributed by atoms with Crippen LogP contribution in [-0.4, -0.2) is 26.3 Å². The van der Waals surface area contributed by atoms with Crippen molar-refractivity contribution in [1.29, 1.82) is 0 Å². The molecular formula is C10H12N2O3. The number of aliphatic hydroxyl groups is 2. The Hall–Kier alpha value is -1.59. The zero-order valence-corrected chi connectivity index (χ0v) is 8.19. The van der Waals surface area contributed by atoms with Crippen molar-refractivity contribution in [3.63, 3.8) is 0 Å². The summed E-state index contributed by atoms with van der Waals surface area (Å²) >= 11 is 0. The van der Waals surface area contributed by atoms with Gasteiger partial charge in [-0.15, -0.1) is 0 Å². The van der Waals surface area contributed by atoms with Crippen molar-refractivity contribution >= 4 is 11.0 Å². The molecule has 0 saturated heterocycles. The molecule has 0 aliphatic carbocycles. The van der Waals surface area contributed by atoms with E-state index >= 15 is 0 Å². The van der Waals surface area contributed by atoms with Gasteiger partial charge in [0.25, 0.3) is 0 Å². The Kier molecular flexibility index (Phi) is 2.34. The Morgan fingerprint density at radius 3 is 2.53 bits per heavy atom. The van der Waals surface area contributed by atoms with Crippen LogP contribution in [0.4, 0.5) is 0 Å². The average Bonchev–Trinajstić information content (AvgIpc) is 2.55. The average molecular weight is 208 g/mol. The number of imidazole rings is 1. The minimum absolute atomic E-state index is 0.284. The molecule has 2 rings (SSSR count). The van der Waals surface area contributed by atoms with E-state index in [-0.39, 0.29) is 5.69 Å². The monoisotopic (exact) mass is 208 g/mol. The van der Waals surface area contributed by atoms with Crippen molar-refractivity contribution in [3.05, 3.63) is 34.2 Å². The van der Waals surface area contributed by atoms with Crippen LogP contribution in [0.25, 0.3) is 11.0 Å². The number of nitrogens with one attached hydrogen (secondary N) is 2. The smallest absolute Gasteiger partial charge is 0.323 e. The highest BCUT2D eigenvalue weighted by molar-refractivity contribution is 5.75. The van der Waals surface area contributed by atoms with E-state index in [9.17, 15) is 15.0 Å². The lowest BCUT2D eigenvalue weighted by molar-refractivity contribution is 0.0306. The third-order valence-corrected chi connectivity index (χ3v) is 2.34. The van der Waals surface area contributed by atoms with Crippen molar-refractivity contribution in [2.45, 2.75) is 19.1 Å². The van der Waals surface area contributed by atoms with Gasteiger partial charge in [-0.1, -0.05) is 6.07 Å². The molecule has 0 amide bonds. The Morgan fingerprint density at radius 2 is 1.87 bits per heavy atom. The normalized spacial score (nSPS) is 15.4. The first kappa shape index (κ1) is 9.95. The van der Waals surface area contributed by atoms with E-state index < -0.39 is 12.2 Å². The number of hydrogen-bond donors (Lipinski definition) is 4. The lowest BCUT2D eigenvalue weighted by Gasteiger charge is -2.13. The highest BCUT2D eigenvalue weighted by Gasteiger charge is 2.14. The molecule has 5 heteroatoms. The number of aliphatic hydroxyl groups excluding tert-OH is 2. The maximum absolute atomic E-state index is 11.0. The summed E-state index contributed by atoms with van der Waals surface area (Å²) in [5.74, 6) is 0. The van der Waals surface area contributed by atoms with Gasteiger partial charge in [0.15, 0.2) is 0 Å². The third-order valence-electron chi connectivity index (χ3n) is 2.34. The standard InChI is InChI=1S/C10H12N2O3/c1-5(13)9(14)6-2-3-7-8(4-6)12-10(15)11-7/h2-5,9,13-14H,1H3,(H2,11,12,15). The van der Waals surface area contributed by atoms with Gasteiger partial charge in [-0.05, 0) is 24.6 Å². The van der Waals surface area contributed by atoms with Gasteiger partial charge in [0, 0.05) is 0 Å². The highest BCUT2D eigenvalue weighted by atomic mass is 16.3. The van der Waals surface area contributed by atoms with Crippen LogP contribution in [-0.2, 0) is 0 Å². The van der Waals surface area contributed by atoms with Crippen LogP contribution < -0.4 is 5.69 Å². The summed E-state index contributed by atoms with van der Waals surface area (Å²) in [6.07, 6.45) is -1.78. The minimum Gasteiger partial charge on any atom is -0.390 e. The lowest BCUT2D eigenvalue weighted by Crippen LogP contribution is -2.13. The van der Waals surface area contributed by atoms with Crippen LogP contribution in [0, 0.1) is 0 Å². The van der Waals surface area contributed by atoms with Gasteiger partial charge in [-0.3, -0.25) is 0 Å². The fourth-order valence-electron chi connectivity index (χ4n) is 1.51. The van der Waals surface area contributed by atoms with Gasteiger partial charge >= 0.3 is 5.69 Å². The van der Waals surface area contributed by atoms with Gasteiger partial charge in [0.2, 0.25) is 0 Å². The molecule has 1 heterocycles. The molecule has 2 aromatic rings. The minimum atomic E-state index is -0.937. The second-order valence-corrected chi connectivity index (χ2v) is 3.57. The lowest BCUT2D eigenvalue weighted by atomic mass is 10.1. The molecule has 80 valence electrons. The van der Waals surface area contributed by atoms with Gasteiger partial charge in [-0.25, -0.2) is 4.79 Å². The van der Waals surface area contributed by atoms with Gasteiger partial charge in [0.1, 0.15) is 6.10 Å². The molecule has 1 aromatic carbocycles. The van der Waals surface area contributed by atoms with Gasteiger partial charge in [0.05, 0.1) is 17.1 Å². The summed E-state index contributed by atoms with van der Waals surface area (Å²) in [4.78, 5) is 16.2. The van der Waals surface area contributed by atoms with Crippen LogP contribution in [0.15, 0.2) is 23.0 Å². The summed E-state index contributed by atoms with van der Waals surface area (Å²) in [6.45, 7) is 1.51. The summed E-state index contributed by atoms with van der Waals surface area (Å²) < 4.78 is 0. The molecule has 0 fully saturated rings. The Bertz CT molecular complexity index is 527. The fraction of sp³-hybridized carbons (Fsp3) is 0.300. The molecule has 2 atom stereocenters. The number of hydrogen-bond acceptors (Lipinski definition) is 3. The quantitative estimate of drug-likeness (QED) is 0.571. The Labute approximate surface area is 85.4 Å². The van der Waals surface area contributed by atoms with E-state index in [2.05, 4.69) is 9.97 Å². The van der Waals surface area contributed by atoms with Crippen molar-refractivity contribution in [1.82, 2.24) is 9.97 Å². The van der Waals surface area contributed by atoms with Crippen molar-refractivity contribution in [2.24, 2.45) is 0 Å². The topological polar surface area (TPSA) is 89.1 Å².